The van der Waals surface area contributed by atoms with E-state index >= 15 is 0 Å². The van der Waals surface area contributed by atoms with Crippen LogP contribution in [0, 0.1) is 6.92 Å². The van der Waals surface area contributed by atoms with Crippen LogP contribution >= 0.6 is 0 Å². The van der Waals surface area contributed by atoms with E-state index in [1.807, 2.05) is 35.2 Å². The van der Waals surface area contributed by atoms with Gasteiger partial charge in [0, 0.05) is 29.9 Å². The molecular weight excluding hydrogens is 362 g/mol. The number of piperidine rings is 1. The van der Waals surface area contributed by atoms with Crippen LogP contribution in [0.4, 0.5) is 16.2 Å². The van der Waals surface area contributed by atoms with Crippen LogP contribution in [-0.4, -0.2) is 44.2 Å². The normalized spacial score (nSPS) is 17.8. The van der Waals surface area contributed by atoms with Gasteiger partial charge in [0.05, 0.1) is 7.11 Å². The van der Waals surface area contributed by atoms with Gasteiger partial charge in [0.2, 0.25) is 0 Å². The van der Waals surface area contributed by atoms with Crippen LogP contribution in [0.25, 0.3) is 0 Å². The monoisotopic (exact) mass is 391 g/mol. The Morgan fingerprint density at radius 1 is 1.21 bits per heavy atom. The summed E-state index contributed by atoms with van der Waals surface area (Å²) in [6.45, 7) is 9.72. The van der Waals surface area contributed by atoms with E-state index in [-0.39, 0.29) is 11.4 Å². The number of hydrogen-bond donors (Lipinski definition) is 1. The molecule has 2 aromatic carbocycles. The number of amides is 2. The highest BCUT2D eigenvalue weighted by Gasteiger charge is 2.46. The van der Waals surface area contributed by atoms with Gasteiger partial charge in [0.25, 0.3) is 0 Å². The molecule has 0 aliphatic carbocycles. The van der Waals surface area contributed by atoms with Crippen molar-refractivity contribution in [1.29, 1.82) is 0 Å². The summed E-state index contributed by atoms with van der Waals surface area (Å²) in [4.78, 5) is 17.5. The fourth-order valence-corrected chi connectivity index (χ4v) is 4.60. The highest BCUT2D eigenvalue weighted by Crippen LogP contribution is 2.47. The first-order chi connectivity index (χ1) is 14.0. The summed E-state index contributed by atoms with van der Waals surface area (Å²) in [7, 11) is 1.64. The Bertz CT molecular complexity index is 899. The number of nitrogens with one attached hydrogen (secondary N) is 1. The van der Waals surface area contributed by atoms with Gasteiger partial charge in [-0.3, -0.25) is 9.80 Å². The average molecular weight is 392 g/mol. The number of urea groups is 1. The van der Waals surface area contributed by atoms with Crippen LogP contribution in [0.5, 0.6) is 5.75 Å². The minimum atomic E-state index is -0.0781. The largest absolute Gasteiger partial charge is 0.497 e. The lowest BCUT2D eigenvalue weighted by molar-refractivity contribution is 0.180. The zero-order valence-electron chi connectivity index (χ0n) is 17.3. The molecule has 1 saturated heterocycles. The predicted octanol–water partition coefficient (Wildman–Crippen LogP) is 4.58. The van der Waals surface area contributed by atoms with Gasteiger partial charge in [-0.15, -0.1) is 6.58 Å². The van der Waals surface area contributed by atoms with E-state index in [2.05, 4.69) is 41.9 Å². The zero-order valence-corrected chi connectivity index (χ0v) is 17.3. The van der Waals surface area contributed by atoms with Crippen LogP contribution < -0.4 is 15.0 Å². The van der Waals surface area contributed by atoms with Crippen molar-refractivity contribution in [2.24, 2.45) is 0 Å². The van der Waals surface area contributed by atoms with E-state index in [4.69, 9.17) is 4.74 Å². The molecule has 5 heteroatoms. The Morgan fingerprint density at radius 3 is 2.59 bits per heavy atom. The fourth-order valence-electron chi connectivity index (χ4n) is 4.60. The van der Waals surface area contributed by atoms with Crippen LogP contribution in [-0.2, 0) is 5.41 Å². The van der Waals surface area contributed by atoms with Crippen molar-refractivity contribution in [1.82, 2.24) is 4.90 Å². The second-order valence-electron chi connectivity index (χ2n) is 8.14. The summed E-state index contributed by atoms with van der Waals surface area (Å²) in [5, 5.41) is 3.05. The lowest BCUT2D eigenvalue weighted by atomic mass is 9.74. The van der Waals surface area contributed by atoms with Gasteiger partial charge in [-0.1, -0.05) is 23.8 Å². The number of fused-ring (bicyclic) bond motifs is 2. The van der Waals surface area contributed by atoms with Gasteiger partial charge in [-0.2, -0.15) is 0 Å². The second-order valence-corrected chi connectivity index (χ2v) is 8.14. The topological polar surface area (TPSA) is 44.8 Å². The minimum Gasteiger partial charge on any atom is -0.497 e. The third-order valence-electron chi connectivity index (χ3n) is 6.26. The van der Waals surface area contributed by atoms with Crippen molar-refractivity contribution in [2.45, 2.75) is 25.2 Å². The Morgan fingerprint density at radius 2 is 1.93 bits per heavy atom. The second kappa shape index (κ2) is 7.91. The van der Waals surface area contributed by atoms with Crippen molar-refractivity contribution in [3.63, 3.8) is 0 Å². The molecule has 0 radical (unpaired) electrons. The van der Waals surface area contributed by atoms with Crippen LogP contribution in [0.1, 0.15) is 24.0 Å². The predicted molar refractivity (Wildman–Crippen MR) is 118 cm³/mol. The molecule has 2 aromatic rings. The summed E-state index contributed by atoms with van der Waals surface area (Å²) in [5.41, 5.74) is 4.41. The van der Waals surface area contributed by atoms with E-state index in [0.717, 1.165) is 56.1 Å². The summed E-state index contributed by atoms with van der Waals surface area (Å²) >= 11 is 0. The molecule has 4 rings (SSSR count). The summed E-state index contributed by atoms with van der Waals surface area (Å²) in [6.07, 6.45) is 4.09. The van der Waals surface area contributed by atoms with Crippen molar-refractivity contribution in [2.75, 3.05) is 43.5 Å². The number of aryl methyl sites for hydroxylation is 1. The van der Waals surface area contributed by atoms with Gasteiger partial charge in [-0.25, -0.2) is 4.79 Å². The van der Waals surface area contributed by atoms with Gasteiger partial charge in [0.1, 0.15) is 5.75 Å². The maximum atomic E-state index is 13.2. The van der Waals surface area contributed by atoms with Crippen molar-refractivity contribution in [3.05, 3.63) is 66.2 Å². The van der Waals surface area contributed by atoms with E-state index in [9.17, 15) is 4.79 Å². The molecule has 5 nitrogen and oxygen atoms in total. The first-order valence-corrected chi connectivity index (χ1v) is 10.2. The number of carbonyl (C=O) groups is 1. The van der Waals surface area contributed by atoms with Gasteiger partial charge in [0.15, 0.2) is 0 Å². The van der Waals surface area contributed by atoms with Crippen molar-refractivity contribution >= 4 is 17.4 Å². The van der Waals surface area contributed by atoms with Crippen LogP contribution in [0.3, 0.4) is 0 Å². The van der Waals surface area contributed by atoms with Crippen molar-refractivity contribution in [3.8, 4) is 5.75 Å². The summed E-state index contributed by atoms with van der Waals surface area (Å²) < 4.78 is 5.20. The number of anilines is 2. The van der Waals surface area contributed by atoms with E-state index in [1.54, 1.807) is 7.11 Å². The lowest BCUT2D eigenvalue weighted by Crippen LogP contribution is -2.46. The molecule has 1 fully saturated rings. The molecule has 2 heterocycles. The molecule has 0 aromatic heterocycles. The maximum Gasteiger partial charge on any atom is 0.326 e. The Hall–Kier alpha value is -2.79. The van der Waals surface area contributed by atoms with Gasteiger partial charge >= 0.3 is 6.03 Å². The molecule has 0 unspecified atom stereocenters. The maximum absolute atomic E-state index is 13.2. The van der Waals surface area contributed by atoms with Crippen LogP contribution in [0.2, 0.25) is 0 Å². The summed E-state index contributed by atoms with van der Waals surface area (Å²) in [5.74, 6) is 0.773. The fraction of sp³-hybridized carbons (Fsp3) is 0.375. The minimum absolute atomic E-state index is 0.0380. The molecule has 0 bridgehead atoms. The van der Waals surface area contributed by atoms with E-state index < -0.39 is 0 Å². The number of ether oxygens (including phenoxy) is 1. The molecule has 152 valence electrons. The first-order valence-electron chi connectivity index (χ1n) is 10.2. The van der Waals surface area contributed by atoms with Crippen molar-refractivity contribution < 1.29 is 9.53 Å². The average Bonchev–Trinajstić information content (AvgIpc) is 3.04. The Kier molecular flexibility index (Phi) is 5.33. The highest BCUT2D eigenvalue weighted by atomic mass is 16.5. The number of rotatable bonds is 4. The standard InChI is InChI=1S/C24H29N3O2/c1-4-13-26-14-11-24(12-15-26)17-27(22-10-5-18(2)16-21(22)24)23(28)25-19-6-8-20(29-3)9-7-19/h4-10,16H,1,11-15,17H2,2-3H3,(H,25,28). The molecule has 0 atom stereocenters. The van der Waals surface area contributed by atoms with Gasteiger partial charge in [-0.05, 0) is 68.8 Å². The summed E-state index contributed by atoms with van der Waals surface area (Å²) in [6, 6.07) is 13.8. The number of hydrogen-bond acceptors (Lipinski definition) is 3. The Balaban J connectivity index is 1.57. The molecular formula is C24H29N3O2. The molecule has 1 N–H and O–H groups in total. The lowest BCUT2D eigenvalue weighted by Gasteiger charge is -2.39. The number of carbonyl (C=O) groups excluding carboxylic acids is 1. The molecule has 2 aliphatic rings. The third kappa shape index (κ3) is 3.75. The quantitative estimate of drug-likeness (QED) is 0.776. The number of methoxy groups -OCH3 is 1. The van der Waals surface area contributed by atoms with Crippen LogP contribution in [0.15, 0.2) is 55.1 Å². The Labute approximate surface area is 173 Å². The SMILES string of the molecule is C=CCN1CCC2(CC1)CN(C(=O)Nc1ccc(OC)cc1)c1ccc(C)cc12. The number of nitrogens with zero attached hydrogens (tertiary/aromatic N) is 2. The van der Waals surface area contributed by atoms with Gasteiger partial charge < -0.3 is 10.1 Å². The third-order valence-corrected chi connectivity index (χ3v) is 6.26. The highest BCUT2D eigenvalue weighted by molar-refractivity contribution is 6.03. The first kappa shape index (κ1) is 19.5. The number of benzene rings is 2. The van der Waals surface area contributed by atoms with E-state index in [0.29, 0.717) is 0 Å². The smallest absolute Gasteiger partial charge is 0.326 e. The zero-order chi connectivity index (χ0) is 20.4. The molecule has 2 aliphatic heterocycles. The molecule has 1 spiro atoms. The van der Waals surface area contributed by atoms with E-state index in [1.165, 1.54) is 11.1 Å². The number of likely N-dealkylation sites (tertiary alicyclic amines) is 1. The molecule has 2 amide bonds. The molecule has 29 heavy (non-hydrogen) atoms. The molecule has 0 saturated carbocycles.